The largest absolute Gasteiger partial charge is 0.497 e. The summed E-state index contributed by atoms with van der Waals surface area (Å²) in [5, 5.41) is 1.32. The summed E-state index contributed by atoms with van der Waals surface area (Å²) in [6.45, 7) is 21.2. The summed E-state index contributed by atoms with van der Waals surface area (Å²) >= 11 is 0. The van der Waals surface area contributed by atoms with Crippen LogP contribution < -0.4 is 9.92 Å². The molecular formula is C22H37B2O5Si. The van der Waals surface area contributed by atoms with Crippen molar-refractivity contribution in [1.29, 1.82) is 0 Å². The van der Waals surface area contributed by atoms with Crippen molar-refractivity contribution in [3.8, 4) is 5.75 Å². The molecule has 5 nitrogen and oxygen atoms in total. The number of hydrogen-bond acceptors (Lipinski definition) is 5. The van der Waals surface area contributed by atoms with Crippen molar-refractivity contribution in [2.75, 3.05) is 7.11 Å². The van der Waals surface area contributed by atoms with Crippen molar-refractivity contribution in [3.05, 3.63) is 23.8 Å². The fourth-order valence-corrected chi connectivity index (χ4v) is 5.12. The molecule has 0 aliphatic carbocycles. The zero-order valence-electron chi connectivity index (χ0n) is 20.5. The summed E-state index contributed by atoms with van der Waals surface area (Å²) in [7, 11) is -0.0424. The second-order valence-corrected chi connectivity index (χ2v) is 13.3. The molecule has 0 atom stereocenters. The highest BCUT2D eigenvalue weighted by Crippen LogP contribution is 2.46. The highest BCUT2D eigenvalue weighted by atomic mass is 28.3. The molecule has 3 rings (SSSR count). The Bertz CT molecular complexity index is 726. The lowest BCUT2D eigenvalue weighted by molar-refractivity contribution is 0.00578. The lowest BCUT2D eigenvalue weighted by atomic mass is 9.49. The molecule has 2 saturated heterocycles. The van der Waals surface area contributed by atoms with E-state index >= 15 is 0 Å². The molecule has 0 spiro atoms. The van der Waals surface area contributed by atoms with Gasteiger partial charge in [0.1, 0.15) is 5.75 Å². The Morgan fingerprint density at radius 1 is 0.767 bits per heavy atom. The van der Waals surface area contributed by atoms with Crippen LogP contribution in [0.1, 0.15) is 66.7 Å². The molecule has 30 heavy (non-hydrogen) atoms. The molecule has 2 aliphatic heterocycles. The molecule has 0 unspecified atom stereocenters. The summed E-state index contributed by atoms with van der Waals surface area (Å²) < 4.78 is 31.7. The van der Waals surface area contributed by atoms with Gasteiger partial charge in [-0.25, -0.2) is 0 Å². The van der Waals surface area contributed by atoms with Crippen molar-refractivity contribution < 1.29 is 23.4 Å². The molecule has 0 saturated carbocycles. The number of methoxy groups -OCH3 is 1. The van der Waals surface area contributed by atoms with Gasteiger partial charge in [0.2, 0.25) is 0 Å². The van der Waals surface area contributed by atoms with Gasteiger partial charge in [0.25, 0.3) is 0 Å². The number of rotatable bonds is 5. The Labute approximate surface area is 185 Å². The van der Waals surface area contributed by atoms with Crippen LogP contribution in [0.25, 0.3) is 0 Å². The second-order valence-electron chi connectivity index (χ2n) is 10.7. The van der Waals surface area contributed by atoms with Gasteiger partial charge in [-0.2, -0.15) is 0 Å². The molecule has 0 amide bonds. The predicted octanol–water partition coefficient (Wildman–Crippen LogP) is 4.00. The fourth-order valence-electron chi connectivity index (χ4n) is 3.89. The Kier molecular flexibility index (Phi) is 6.09. The molecule has 0 bridgehead atoms. The topological polar surface area (TPSA) is 46.2 Å². The highest BCUT2D eigenvalue weighted by Gasteiger charge is 2.62. The van der Waals surface area contributed by atoms with Crippen molar-refractivity contribution in [2.24, 2.45) is 0 Å². The Balaban J connectivity index is 2.13. The molecule has 8 heteroatoms. The van der Waals surface area contributed by atoms with E-state index in [1.54, 1.807) is 7.11 Å². The van der Waals surface area contributed by atoms with Crippen LogP contribution in [0.15, 0.2) is 18.2 Å². The van der Waals surface area contributed by atoms with Crippen LogP contribution in [0.3, 0.4) is 0 Å². The number of ether oxygens (including phenoxy) is 1. The van der Waals surface area contributed by atoms with Gasteiger partial charge in [-0.05, 0) is 73.1 Å². The monoisotopic (exact) mass is 431 g/mol. The van der Waals surface area contributed by atoms with Gasteiger partial charge in [0.15, 0.2) is 0 Å². The highest BCUT2D eigenvalue weighted by molar-refractivity contribution is 6.74. The van der Waals surface area contributed by atoms with Crippen LogP contribution in [0.5, 0.6) is 5.75 Å². The molecule has 1 aromatic rings. The third-order valence-electron chi connectivity index (χ3n) is 7.29. The van der Waals surface area contributed by atoms with E-state index in [1.165, 1.54) is 5.19 Å². The number of benzene rings is 1. The van der Waals surface area contributed by atoms with Crippen LogP contribution in [-0.4, -0.2) is 52.5 Å². The first-order valence-corrected chi connectivity index (χ1v) is 13.3. The smallest absolute Gasteiger partial charge is 0.463 e. The molecule has 0 aromatic heterocycles. The van der Waals surface area contributed by atoms with Crippen LogP contribution in [0.2, 0.25) is 13.1 Å². The van der Waals surface area contributed by atoms with Crippen molar-refractivity contribution in [2.45, 2.75) is 96.6 Å². The first-order valence-electron chi connectivity index (χ1n) is 10.8. The molecule has 0 N–H and O–H groups in total. The Morgan fingerprint density at radius 3 is 1.50 bits per heavy atom. The normalized spacial score (nSPS) is 24.2. The van der Waals surface area contributed by atoms with Crippen LogP contribution in [0, 0.1) is 0 Å². The summed E-state index contributed by atoms with van der Waals surface area (Å²) in [6.07, 6.45) is 0. The summed E-state index contributed by atoms with van der Waals surface area (Å²) in [4.78, 5) is 0. The maximum absolute atomic E-state index is 6.53. The molecular weight excluding hydrogens is 394 g/mol. The Morgan fingerprint density at radius 2 is 1.17 bits per heavy atom. The van der Waals surface area contributed by atoms with Gasteiger partial charge >= 0.3 is 14.2 Å². The van der Waals surface area contributed by atoms with E-state index in [1.807, 2.05) is 6.07 Å². The van der Waals surface area contributed by atoms with E-state index in [4.69, 9.17) is 23.4 Å². The summed E-state index contributed by atoms with van der Waals surface area (Å²) in [5.41, 5.74) is -0.868. The fraction of sp³-hybridized carbons (Fsp3) is 0.727. The van der Waals surface area contributed by atoms with Gasteiger partial charge in [0, 0.05) is 0 Å². The average molecular weight is 431 g/mol. The van der Waals surface area contributed by atoms with E-state index in [-0.39, 0.29) is 5.72 Å². The van der Waals surface area contributed by atoms with Crippen molar-refractivity contribution in [1.82, 2.24) is 0 Å². The molecule has 2 aliphatic rings. The lowest BCUT2D eigenvalue weighted by Gasteiger charge is -2.32. The minimum Gasteiger partial charge on any atom is -0.497 e. The van der Waals surface area contributed by atoms with E-state index in [9.17, 15) is 0 Å². The molecule has 2 heterocycles. The van der Waals surface area contributed by atoms with E-state index < -0.39 is 45.4 Å². The van der Waals surface area contributed by atoms with Gasteiger partial charge in [-0.15, -0.1) is 0 Å². The lowest BCUT2D eigenvalue weighted by Crippen LogP contribution is -2.45. The maximum Gasteiger partial charge on any atom is 0.463 e. The minimum absolute atomic E-state index is 0.239. The maximum atomic E-state index is 6.53. The summed E-state index contributed by atoms with van der Waals surface area (Å²) in [6, 6.07) is 6.31. The zero-order valence-corrected chi connectivity index (χ0v) is 21.5. The molecule has 165 valence electrons. The molecule has 1 radical (unpaired) electrons. The standard InChI is InChI=1S/C22H37B2O5Si/c1-19(2)20(3,4)27-23(26-19)18(24-28-21(5,6)22(7,8)29-24)16-14-15(25-9)12-13-17(16)30(10)11/h12-14,18H,1-11H3. The predicted molar refractivity (Wildman–Crippen MR) is 125 cm³/mol. The third kappa shape index (κ3) is 4.02. The SMILES string of the molecule is COc1ccc([Si](C)C)c(C(B2OC(C)(C)C(C)(C)O2)B2OC(C)(C)C(C)(C)O2)c1. The summed E-state index contributed by atoms with van der Waals surface area (Å²) in [5.74, 6) is 0.815. The first-order chi connectivity index (χ1) is 13.6. The van der Waals surface area contributed by atoms with Gasteiger partial charge in [0.05, 0.1) is 44.0 Å². The molecule has 2 fully saturated rings. The second kappa shape index (κ2) is 7.66. The van der Waals surface area contributed by atoms with Crippen LogP contribution >= 0.6 is 0 Å². The first kappa shape index (κ1) is 23.9. The average Bonchev–Trinajstić information content (AvgIpc) is 2.93. The zero-order chi connectivity index (χ0) is 22.7. The minimum atomic E-state index is -0.760. The molecule has 1 aromatic carbocycles. The van der Waals surface area contributed by atoms with Gasteiger partial charge < -0.3 is 23.4 Å². The van der Waals surface area contributed by atoms with E-state index in [2.05, 4.69) is 80.6 Å². The van der Waals surface area contributed by atoms with Crippen molar-refractivity contribution >= 4 is 28.2 Å². The van der Waals surface area contributed by atoms with Gasteiger partial charge in [-0.3, -0.25) is 0 Å². The van der Waals surface area contributed by atoms with E-state index in [0.717, 1.165) is 11.3 Å². The van der Waals surface area contributed by atoms with Crippen LogP contribution in [-0.2, 0) is 18.6 Å². The van der Waals surface area contributed by atoms with Crippen LogP contribution in [0.4, 0.5) is 0 Å². The van der Waals surface area contributed by atoms with Crippen molar-refractivity contribution in [3.63, 3.8) is 0 Å². The third-order valence-corrected chi connectivity index (χ3v) is 8.82. The quantitative estimate of drug-likeness (QED) is 0.660. The van der Waals surface area contributed by atoms with E-state index in [0.29, 0.717) is 0 Å². The number of hydrogen-bond donors (Lipinski definition) is 0. The Hall–Kier alpha value is -0.793. The van der Waals surface area contributed by atoms with Gasteiger partial charge in [-0.1, -0.05) is 24.3 Å².